The molecule has 0 radical (unpaired) electrons. The number of hydrogen-bond acceptors (Lipinski definition) is 4. The fourth-order valence-corrected chi connectivity index (χ4v) is 3.16. The van der Waals surface area contributed by atoms with Gasteiger partial charge in [-0.3, -0.25) is 0 Å². The van der Waals surface area contributed by atoms with Crippen molar-refractivity contribution in [2.45, 2.75) is 53.2 Å². The Kier molecular flexibility index (Phi) is 4.69. The van der Waals surface area contributed by atoms with Crippen LogP contribution in [0.15, 0.2) is 18.2 Å². The zero-order chi connectivity index (χ0) is 15.6. The van der Waals surface area contributed by atoms with Gasteiger partial charge in [0.15, 0.2) is 0 Å². The molecule has 3 nitrogen and oxygen atoms in total. The summed E-state index contributed by atoms with van der Waals surface area (Å²) in [6.07, 6.45) is 0. The van der Waals surface area contributed by atoms with Crippen LogP contribution in [-0.4, -0.2) is 10.1 Å². The van der Waals surface area contributed by atoms with Crippen LogP contribution in [0.1, 0.15) is 47.5 Å². The third-order valence-electron chi connectivity index (χ3n) is 3.44. The minimum Gasteiger partial charge on any atom is -0.486 e. The molecule has 1 aromatic carbocycles. The van der Waals surface area contributed by atoms with E-state index in [4.69, 9.17) is 4.74 Å². The Morgan fingerprint density at radius 2 is 1.90 bits per heavy atom. The van der Waals surface area contributed by atoms with Gasteiger partial charge in [0.2, 0.25) is 0 Å². The Morgan fingerprint density at radius 1 is 1.19 bits per heavy atom. The van der Waals surface area contributed by atoms with E-state index in [1.165, 1.54) is 22.5 Å². The maximum atomic E-state index is 9.48. The number of thiazole rings is 1. The molecule has 0 saturated heterocycles. The lowest BCUT2D eigenvalue weighted by Gasteiger charge is -2.16. The molecule has 1 aromatic heterocycles. The SMILES string of the molecule is Cc1ccc(OCc2nc(C(C)(C)C)c(CO)s2)cc1C. The molecule has 0 fully saturated rings. The monoisotopic (exact) mass is 305 g/mol. The molecule has 2 aromatic rings. The van der Waals surface area contributed by atoms with Crippen molar-refractivity contribution < 1.29 is 9.84 Å². The van der Waals surface area contributed by atoms with E-state index < -0.39 is 0 Å². The van der Waals surface area contributed by atoms with E-state index >= 15 is 0 Å². The Bertz CT molecular complexity index is 626. The van der Waals surface area contributed by atoms with Crippen LogP contribution in [-0.2, 0) is 18.6 Å². The minimum absolute atomic E-state index is 0.0356. The highest BCUT2D eigenvalue weighted by atomic mass is 32.1. The molecule has 0 spiro atoms. The summed E-state index contributed by atoms with van der Waals surface area (Å²) in [5, 5.41) is 10.4. The Hall–Kier alpha value is -1.39. The summed E-state index contributed by atoms with van der Waals surface area (Å²) in [4.78, 5) is 5.57. The molecule has 1 N–H and O–H groups in total. The molecule has 0 atom stereocenters. The molecule has 4 heteroatoms. The normalized spacial score (nSPS) is 11.7. The van der Waals surface area contributed by atoms with Gasteiger partial charge in [0, 0.05) is 5.41 Å². The predicted molar refractivity (Wildman–Crippen MR) is 87.0 cm³/mol. The van der Waals surface area contributed by atoms with Crippen LogP contribution in [0, 0.1) is 13.8 Å². The molecule has 0 aliphatic heterocycles. The zero-order valence-electron chi connectivity index (χ0n) is 13.4. The van der Waals surface area contributed by atoms with Crippen molar-refractivity contribution in [1.82, 2.24) is 4.98 Å². The van der Waals surface area contributed by atoms with E-state index in [1.54, 1.807) is 0 Å². The molecule has 0 aliphatic carbocycles. The molecule has 2 rings (SSSR count). The highest BCUT2D eigenvalue weighted by Crippen LogP contribution is 2.30. The second-order valence-electron chi connectivity index (χ2n) is 6.32. The van der Waals surface area contributed by atoms with E-state index in [0.717, 1.165) is 21.3 Å². The molecule has 21 heavy (non-hydrogen) atoms. The maximum Gasteiger partial charge on any atom is 0.140 e. The van der Waals surface area contributed by atoms with E-state index in [2.05, 4.69) is 45.7 Å². The van der Waals surface area contributed by atoms with Gasteiger partial charge in [-0.05, 0) is 37.1 Å². The molecule has 0 bridgehead atoms. The van der Waals surface area contributed by atoms with Crippen LogP contribution in [0.3, 0.4) is 0 Å². The van der Waals surface area contributed by atoms with Gasteiger partial charge in [0.05, 0.1) is 17.2 Å². The lowest BCUT2D eigenvalue weighted by atomic mass is 9.91. The Labute approximate surface area is 130 Å². The van der Waals surface area contributed by atoms with Crippen molar-refractivity contribution in [3.8, 4) is 5.75 Å². The van der Waals surface area contributed by atoms with Gasteiger partial charge in [-0.1, -0.05) is 26.8 Å². The van der Waals surface area contributed by atoms with Crippen molar-refractivity contribution in [2.75, 3.05) is 0 Å². The first-order chi connectivity index (χ1) is 9.81. The van der Waals surface area contributed by atoms with Gasteiger partial charge in [0.25, 0.3) is 0 Å². The van der Waals surface area contributed by atoms with Crippen molar-refractivity contribution in [3.05, 3.63) is 44.9 Å². The number of hydrogen-bond donors (Lipinski definition) is 1. The molecule has 1 heterocycles. The van der Waals surface area contributed by atoms with Gasteiger partial charge in [0.1, 0.15) is 17.4 Å². The van der Waals surface area contributed by atoms with Gasteiger partial charge in [-0.2, -0.15) is 0 Å². The van der Waals surface area contributed by atoms with Crippen LogP contribution in [0.4, 0.5) is 0 Å². The fraction of sp³-hybridized carbons (Fsp3) is 0.471. The summed E-state index contributed by atoms with van der Waals surface area (Å²) in [5.74, 6) is 0.858. The number of rotatable bonds is 4. The number of benzene rings is 1. The molecule has 0 amide bonds. The fourth-order valence-electron chi connectivity index (χ4n) is 2.10. The Morgan fingerprint density at radius 3 is 2.43 bits per heavy atom. The first-order valence-corrected chi connectivity index (χ1v) is 7.93. The summed E-state index contributed by atoms with van der Waals surface area (Å²) in [6, 6.07) is 6.08. The standard InChI is InChI=1S/C17H23NO2S/c1-11-6-7-13(8-12(11)2)20-10-15-18-16(17(3,4)5)14(9-19)21-15/h6-8,19H,9-10H2,1-5H3. The van der Waals surface area contributed by atoms with E-state index in [9.17, 15) is 5.11 Å². The molecule has 0 saturated carbocycles. The number of aromatic nitrogens is 1. The van der Waals surface area contributed by atoms with Crippen molar-refractivity contribution >= 4 is 11.3 Å². The van der Waals surface area contributed by atoms with Crippen LogP contribution in [0.5, 0.6) is 5.75 Å². The predicted octanol–water partition coefficient (Wildman–Crippen LogP) is 4.13. The second kappa shape index (κ2) is 6.16. The third-order valence-corrected chi connectivity index (χ3v) is 4.45. The van der Waals surface area contributed by atoms with Crippen LogP contribution >= 0.6 is 11.3 Å². The summed E-state index contributed by atoms with van der Waals surface area (Å²) in [5.41, 5.74) is 3.38. The average Bonchev–Trinajstić information content (AvgIpc) is 2.83. The van der Waals surface area contributed by atoms with Crippen molar-refractivity contribution in [1.29, 1.82) is 0 Å². The topological polar surface area (TPSA) is 42.4 Å². The number of aliphatic hydroxyl groups excluding tert-OH is 1. The molecule has 114 valence electrons. The summed E-state index contributed by atoms with van der Waals surface area (Å²) < 4.78 is 5.82. The van der Waals surface area contributed by atoms with Gasteiger partial charge in [-0.25, -0.2) is 4.98 Å². The maximum absolute atomic E-state index is 9.48. The first-order valence-electron chi connectivity index (χ1n) is 7.11. The van der Waals surface area contributed by atoms with Crippen LogP contribution < -0.4 is 4.74 Å². The second-order valence-corrected chi connectivity index (χ2v) is 7.49. The lowest BCUT2D eigenvalue weighted by Crippen LogP contribution is -2.14. The average molecular weight is 305 g/mol. The molecular weight excluding hydrogens is 282 g/mol. The van der Waals surface area contributed by atoms with Crippen molar-refractivity contribution in [3.63, 3.8) is 0 Å². The smallest absolute Gasteiger partial charge is 0.140 e. The zero-order valence-corrected chi connectivity index (χ0v) is 14.2. The minimum atomic E-state index is -0.0622. The molecular formula is C17H23NO2S. The Balaban J connectivity index is 2.13. The lowest BCUT2D eigenvalue weighted by molar-refractivity contribution is 0.282. The largest absolute Gasteiger partial charge is 0.486 e. The van der Waals surface area contributed by atoms with E-state index in [-0.39, 0.29) is 12.0 Å². The summed E-state index contributed by atoms with van der Waals surface area (Å²) in [7, 11) is 0. The summed E-state index contributed by atoms with van der Waals surface area (Å²) in [6.45, 7) is 11.0. The highest BCUT2D eigenvalue weighted by Gasteiger charge is 2.22. The third kappa shape index (κ3) is 3.83. The van der Waals surface area contributed by atoms with Gasteiger partial charge in [-0.15, -0.1) is 11.3 Å². The van der Waals surface area contributed by atoms with Crippen LogP contribution in [0.2, 0.25) is 0 Å². The van der Waals surface area contributed by atoms with Crippen molar-refractivity contribution in [2.24, 2.45) is 0 Å². The van der Waals surface area contributed by atoms with E-state index in [1.807, 2.05) is 12.1 Å². The first kappa shape index (κ1) is 16.0. The quantitative estimate of drug-likeness (QED) is 0.923. The van der Waals surface area contributed by atoms with Gasteiger partial charge >= 0.3 is 0 Å². The number of aryl methyl sites for hydroxylation is 2. The molecule has 0 unspecified atom stereocenters. The van der Waals surface area contributed by atoms with Gasteiger partial charge < -0.3 is 9.84 Å². The number of ether oxygens (including phenoxy) is 1. The van der Waals surface area contributed by atoms with Crippen LogP contribution in [0.25, 0.3) is 0 Å². The highest BCUT2D eigenvalue weighted by molar-refractivity contribution is 7.11. The number of nitrogens with zero attached hydrogens (tertiary/aromatic N) is 1. The number of aliphatic hydroxyl groups is 1. The molecule has 0 aliphatic rings. The summed E-state index contributed by atoms with van der Waals surface area (Å²) >= 11 is 1.53. The van der Waals surface area contributed by atoms with E-state index in [0.29, 0.717) is 6.61 Å².